The number of allylic oxidation sites excluding steroid dienone is 1. The second kappa shape index (κ2) is 10.0. The summed E-state index contributed by atoms with van der Waals surface area (Å²) in [6.07, 6.45) is 8.62. The zero-order valence-electron chi connectivity index (χ0n) is 22.9. The average Bonchev–Trinajstić information content (AvgIpc) is 3.55. The highest BCUT2D eigenvalue weighted by Crippen LogP contribution is 2.41. The molecule has 0 amide bonds. The van der Waals surface area contributed by atoms with Crippen molar-refractivity contribution in [2.24, 2.45) is 0 Å². The molecule has 0 fully saturated rings. The van der Waals surface area contributed by atoms with Gasteiger partial charge in [0.05, 0.1) is 11.0 Å². The van der Waals surface area contributed by atoms with E-state index in [1.165, 1.54) is 55.3 Å². The van der Waals surface area contributed by atoms with Crippen molar-refractivity contribution in [2.75, 3.05) is 0 Å². The Labute approximate surface area is 234 Å². The standard InChI is InChI=1S/C35H25N3.C2H6/c1-3-11-25(12-4-1)37-31-18-8-7-15-29(31)34-27(16-9-19-33(34)37)24-20-21-32-30(23-24)28-17-10-22-36-35(28)38(32)26-13-5-2-6-14-26;1-2/h1-6,8-14,16-23H,7,15H2;1-2H3. The molecule has 0 N–H and O–H groups in total. The number of hydrogen-bond donors (Lipinski definition) is 0. The average molecular weight is 518 g/mol. The lowest BCUT2D eigenvalue weighted by atomic mass is 9.94. The van der Waals surface area contributed by atoms with Crippen LogP contribution in [0.15, 0.2) is 121 Å². The van der Waals surface area contributed by atoms with Gasteiger partial charge in [-0.05, 0) is 90.2 Å². The molecule has 7 aromatic rings. The molecule has 194 valence electrons. The highest BCUT2D eigenvalue weighted by Gasteiger charge is 2.22. The highest BCUT2D eigenvalue weighted by molar-refractivity contribution is 6.10. The summed E-state index contributed by atoms with van der Waals surface area (Å²) in [7, 11) is 0. The van der Waals surface area contributed by atoms with Crippen LogP contribution < -0.4 is 0 Å². The van der Waals surface area contributed by atoms with Crippen molar-refractivity contribution >= 4 is 38.9 Å². The van der Waals surface area contributed by atoms with Gasteiger partial charge in [-0.15, -0.1) is 0 Å². The van der Waals surface area contributed by atoms with Gasteiger partial charge in [0.2, 0.25) is 0 Å². The van der Waals surface area contributed by atoms with Crippen molar-refractivity contribution in [3.05, 3.63) is 133 Å². The van der Waals surface area contributed by atoms with Crippen molar-refractivity contribution in [3.63, 3.8) is 0 Å². The number of nitrogens with zero attached hydrogens (tertiary/aromatic N) is 3. The van der Waals surface area contributed by atoms with Crippen molar-refractivity contribution in [1.29, 1.82) is 0 Å². The third-order valence-electron chi connectivity index (χ3n) is 7.84. The number of aryl methyl sites for hydroxylation is 1. The van der Waals surface area contributed by atoms with E-state index in [2.05, 4.69) is 124 Å². The fraction of sp³-hybridized carbons (Fsp3) is 0.108. The van der Waals surface area contributed by atoms with E-state index < -0.39 is 0 Å². The van der Waals surface area contributed by atoms with E-state index in [0.717, 1.165) is 24.2 Å². The Kier molecular flexibility index (Phi) is 6.05. The van der Waals surface area contributed by atoms with Gasteiger partial charge in [0, 0.05) is 39.4 Å². The van der Waals surface area contributed by atoms with Crippen LogP contribution in [-0.4, -0.2) is 14.1 Å². The van der Waals surface area contributed by atoms with Gasteiger partial charge < -0.3 is 4.57 Å². The summed E-state index contributed by atoms with van der Waals surface area (Å²) in [6.45, 7) is 4.00. The molecule has 3 nitrogen and oxygen atoms in total. The maximum absolute atomic E-state index is 4.79. The van der Waals surface area contributed by atoms with Gasteiger partial charge in [0.25, 0.3) is 0 Å². The summed E-state index contributed by atoms with van der Waals surface area (Å²) in [5.74, 6) is 0. The maximum Gasteiger partial charge on any atom is 0.145 e. The molecule has 1 aliphatic rings. The van der Waals surface area contributed by atoms with Crippen LogP contribution in [0.1, 0.15) is 31.5 Å². The SMILES string of the molecule is C1=Cc2c(c3c(-c4ccc5c(c4)c4cccnc4n5-c4ccccc4)cccc3n2-c2ccccc2)CC1.CC. The lowest BCUT2D eigenvalue weighted by Crippen LogP contribution is -1.99. The Hall–Kier alpha value is -4.89. The second-order valence-corrected chi connectivity index (χ2v) is 9.95. The smallest absolute Gasteiger partial charge is 0.145 e. The molecule has 0 bridgehead atoms. The molecule has 3 heteroatoms. The largest absolute Gasteiger partial charge is 0.310 e. The topological polar surface area (TPSA) is 22.8 Å². The molecule has 40 heavy (non-hydrogen) atoms. The highest BCUT2D eigenvalue weighted by atomic mass is 15.0. The van der Waals surface area contributed by atoms with Gasteiger partial charge in [-0.25, -0.2) is 4.98 Å². The molecule has 8 rings (SSSR count). The molecule has 3 heterocycles. The maximum atomic E-state index is 4.79. The fourth-order valence-corrected chi connectivity index (χ4v) is 6.24. The molecule has 3 aromatic heterocycles. The first-order chi connectivity index (χ1) is 19.9. The Morgan fingerprint density at radius 1 is 0.650 bits per heavy atom. The molecule has 0 aliphatic heterocycles. The number of aromatic nitrogens is 3. The summed E-state index contributed by atoms with van der Waals surface area (Å²) in [5.41, 5.74) is 11.0. The van der Waals surface area contributed by atoms with Gasteiger partial charge in [0.15, 0.2) is 0 Å². The normalized spacial score (nSPS) is 12.4. The van der Waals surface area contributed by atoms with Crippen molar-refractivity contribution in [3.8, 4) is 22.5 Å². The summed E-state index contributed by atoms with van der Waals surface area (Å²) >= 11 is 0. The van der Waals surface area contributed by atoms with Gasteiger partial charge in [-0.2, -0.15) is 0 Å². The lowest BCUT2D eigenvalue weighted by molar-refractivity contribution is 0.968. The van der Waals surface area contributed by atoms with Gasteiger partial charge >= 0.3 is 0 Å². The first kappa shape index (κ1) is 24.2. The van der Waals surface area contributed by atoms with Crippen LogP contribution in [0.4, 0.5) is 0 Å². The van der Waals surface area contributed by atoms with Crippen LogP contribution in [0, 0.1) is 0 Å². The fourth-order valence-electron chi connectivity index (χ4n) is 6.24. The number of rotatable bonds is 3. The van der Waals surface area contributed by atoms with E-state index in [1.54, 1.807) is 0 Å². The third-order valence-corrected chi connectivity index (χ3v) is 7.84. The first-order valence-electron chi connectivity index (χ1n) is 14.2. The molecule has 0 radical (unpaired) electrons. The second-order valence-electron chi connectivity index (χ2n) is 9.95. The molecular weight excluding hydrogens is 486 g/mol. The van der Waals surface area contributed by atoms with E-state index in [4.69, 9.17) is 4.98 Å². The van der Waals surface area contributed by atoms with Gasteiger partial charge in [0.1, 0.15) is 5.65 Å². The zero-order chi connectivity index (χ0) is 27.1. The van der Waals surface area contributed by atoms with E-state index in [9.17, 15) is 0 Å². The minimum atomic E-state index is 0.988. The van der Waals surface area contributed by atoms with Crippen LogP contribution in [0.3, 0.4) is 0 Å². The van der Waals surface area contributed by atoms with Crippen molar-refractivity contribution in [2.45, 2.75) is 26.7 Å². The van der Waals surface area contributed by atoms with Crippen LogP contribution in [0.5, 0.6) is 0 Å². The Bertz CT molecular complexity index is 2010. The van der Waals surface area contributed by atoms with E-state index in [0.29, 0.717) is 0 Å². The number of pyridine rings is 1. The van der Waals surface area contributed by atoms with Crippen LogP contribution in [0.2, 0.25) is 0 Å². The lowest BCUT2D eigenvalue weighted by Gasteiger charge is -2.11. The summed E-state index contributed by atoms with van der Waals surface area (Å²) in [4.78, 5) is 4.79. The number of hydrogen-bond acceptors (Lipinski definition) is 1. The minimum Gasteiger partial charge on any atom is -0.310 e. The zero-order valence-corrected chi connectivity index (χ0v) is 22.9. The van der Waals surface area contributed by atoms with E-state index >= 15 is 0 Å². The number of para-hydroxylation sites is 2. The number of fused-ring (bicyclic) bond motifs is 6. The molecule has 4 aromatic carbocycles. The van der Waals surface area contributed by atoms with Gasteiger partial charge in [-0.3, -0.25) is 4.57 Å². The molecule has 0 spiro atoms. The summed E-state index contributed by atoms with van der Waals surface area (Å²) < 4.78 is 4.70. The minimum absolute atomic E-state index is 0.988. The molecule has 0 atom stereocenters. The van der Waals surface area contributed by atoms with Crippen LogP contribution in [0.25, 0.3) is 61.4 Å². The van der Waals surface area contributed by atoms with Crippen LogP contribution >= 0.6 is 0 Å². The summed E-state index contributed by atoms with van der Waals surface area (Å²) in [5, 5.41) is 3.76. The van der Waals surface area contributed by atoms with Crippen LogP contribution in [-0.2, 0) is 6.42 Å². The van der Waals surface area contributed by atoms with Crippen molar-refractivity contribution in [1.82, 2.24) is 14.1 Å². The number of benzene rings is 4. The third kappa shape index (κ3) is 3.70. The summed E-state index contributed by atoms with van der Waals surface area (Å²) in [6, 6.07) is 39.1. The Morgan fingerprint density at radius 3 is 2.17 bits per heavy atom. The van der Waals surface area contributed by atoms with Gasteiger partial charge in [-0.1, -0.05) is 74.5 Å². The predicted molar refractivity (Wildman–Crippen MR) is 170 cm³/mol. The predicted octanol–water partition coefficient (Wildman–Crippen LogP) is 9.78. The van der Waals surface area contributed by atoms with Crippen molar-refractivity contribution < 1.29 is 0 Å². The first-order valence-corrected chi connectivity index (χ1v) is 14.2. The quantitative estimate of drug-likeness (QED) is 0.229. The van der Waals surface area contributed by atoms with E-state index in [-0.39, 0.29) is 0 Å². The Morgan fingerprint density at radius 2 is 1.40 bits per heavy atom. The molecule has 0 saturated heterocycles. The molecule has 0 saturated carbocycles. The molecular formula is C37H31N3. The molecule has 0 unspecified atom stereocenters. The monoisotopic (exact) mass is 517 g/mol. The molecule has 1 aliphatic carbocycles. The Balaban J connectivity index is 0.00000130. The van der Waals surface area contributed by atoms with E-state index in [1.807, 2.05) is 26.1 Å².